The quantitative estimate of drug-likeness (QED) is 0.796. The van der Waals surface area contributed by atoms with Gasteiger partial charge in [0.15, 0.2) is 0 Å². The lowest BCUT2D eigenvalue weighted by atomic mass is 10.3. The fourth-order valence-electron chi connectivity index (χ4n) is 1.14. The third kappa shape index (κ3) is 2.30. The molecule has 0 aliphatic carbocycles. The maximum absolute atomic E-state index is 11.9. The van der Waals surface area contributed by atoms with Gasteiger partial charge < -0.3 is 4.74 Å². The predicted molar refractivity (Wildman–Crippen MR) is 51.2 cm³/mol. The van der Waals surface area contributed by atoms with Gasteiger partial charge >= 0.3 is 6.61 Å². The summed E-state index contributed by atoms with van der Waals surface area (Å²) in [5.41, 5.74) is 0.988. The maximum Gasteiger partial charge on any atom is 0.387 e. The number of nitrogens with zero attached hydrogens (tertiary/aromatic N) is 2. The Morgan fingerprint density at radius 2 is 2.07 bits per heavy atom. The summed E-state index contributed by atoms with van der Waals surface area (Å²) in [4.78, 5) is 7.89. The Balaban J connectivity index is 2.43. The van der Waals surface area contributed by atoms with Crippen molar-refractivity contribution in [3.05, 3.63) is 29.5 Å². The Bertz CT molecular complexity index is 492. The highest BCUT2D eigenvalue weighted by atomic mass is 35.5. The van der Waals surface area contributed by atoms with Crippen LogP contribution in [0.25, 0.3) is 11.0 Å². The molecule has 3 nitrogen and oxygen atoms in total. The van der Waals surface area contributed by atoms with E-state index in [4.69, 9.17) is 11.6 Å². The molecule has 0 saturated heterocycles. The molecule has 0 N–H and O–H groups in total. The Morgan fingerprint density at radius 3 is 2.80 bits per heavy atom. The van der Waals surface area contributed by atoms with E-state index < -0.39 is 6.61 Å². The second-order valence-electron chi connectivity index (χ2n) is 2.72. The van der Waals surface area contributed by atoms with Crippen LogP contribution in [-0.4, -0.2) is 16.6 Å². The van der Waals surface area contributed by atoms with E-state index in [0.717, 1.165) is 0 Å². The molecule has 0 saturated carbocycles. The number of alkyl halides is 2. The zero-order valence-electron chi connectivity index (χ0n) is 7.32. The maximum atomic E-state index is 11.9. The van der Waals surface area contributed by atoms with E-state index in [-0.39, 0.29) is 10.9 Å². The fourth-order valence-corrected chi connectivity index (χ4v) is 1.28. The van der Waals surface area contributed by atoms with Crippen molar-refractivity contribution in [2.24, 2.45) is 0 Å². The number of fused-ring (bicyclic) bond motifs is 1. The summed E-state index contributed by atoms with van der Waals surface area (Å²) in [5, 5.41) is 0.255. The van der Waals surface area contributed by atoms with Crippen molar-refractivity contribution < 1.29 is 13.5 Å². The van der Waals surface area contributed by atoms with Crippen LogP contribution in [0, 0.1) is 0 Å². The standard InChI is InChI=1S/C9H5ClF2N2O/c10-8-4-13-7-3-5(15-9(11)12)1-2-6(7)14-8/h1-4,9H. The SMILES string of the molecule is FC(F)Oc1ccc2nc(Cl)cnc2c1. The van der Waals surface area contributed by atoms with Crippen LogP contribution in [0.2, 0.25) is 5.15 Å². The lowest BCUT2D eigenvalue weighted by Gasteiger charge is -2.04. The van der Waals surface area contributed by atoms with Gasteiger partial charge in [0, 0.05) is 6.07 Å². The van der Waals surface area contributed by atoms with Crippen LogP contribution in [0.5, 0.6) is 5.75 Å². The molecule has 2 aromatic rings. The second-order valence-corrected chi connectivity index (χ2v) is 3.11. The number of aromatic nitrogens is 2. The van der Waals surface area contributed by atoms with Crippen molar-refractivity contribution in [1.82, 2.24) is 9.97 Å². The summed E-state index contributed by atoms with van der Waals surface area (Å²) in [6.45, 7) is -2.84. The van der Waals surface area contributed by atoms with E-state index >= 15 is 0 Å². The topological polar surface area (TPSA) is 35.0 Å². The van der Waals surface area contributed by atoms with Gasteiger partial charge in [-0.15, -0.1) is 0 Å². The van der Waals surface area contributed by atoms with Gasteiger partial charge in [-0.3, -0.25) is 4.98 Å². The molecule has 0 amide bonds. The van der Waals surface area contributed by atoms with E-state index in [1.807, 2.05) is 0 Å². The van der Waals surface area contributed by atoms with Crippen LogP contribution in [0.4, 0.5) is 8.78 Å². The van der Waals surface area contributed by atoms with E-state index in [0.29, 0.717) is 11.0 Å². The molecule has 15 heavy (non-hydrogen) atoms. The first-order chi connectivity index (χ1) is 7.15. The average molecular weight is 231 g/mol. The summed E-state index contributed by atoms with van der Waals surface area (Å²) in [7, 11) is 0. The molecule has 0 aliphatic rings. The van der Waals surface area contributed by atoms with Crippen molar-refractivity contribution in [3.8, 4) is 5.75 Å². The number of hydrogen-bond acceptors (Lipinski definition) is 3. The molecule has 78 valence electrons. The van der Waals surface area contributed by atoms with Crippen molar-refractivity contribution >= 4 is 22.6 Å². The predicted octanol–water partition coefficient (Wildman–Crippen LogP) is 2.88. The highest BCUT2D eigenvalue weighted by molar-refractivity contribution is 6.29. The molecular formula is C9H5ClF2N2O. The molecule has 1 heterocycles. The first-order valence-corrected chi connectivity index (χ1v) is 4.40. The molecular weight excluding hydrogens is 226 g/mol. The minimum absolute atomic E-state index is 0.0501. The van der Waals surface area contributed by atoms with Gasteiger partial charge in [0.25, 0.3) is 0 Å². The van der Waals surface area contributed by atoms with Gasteiger partial charge in [0.2, 0.25) is 0 Å². The van der Waals surface area contributed by atoms with Gasteiger partial charge in [0.05, 0.1) is 17.2 Å². The van der Waals surface area contributed by atoms with E-state index in [9.17, 15) is 8.78 Å². The molecule has 1 aromatic carbocycles. The summed E-state index contributed by atoms with van der Waals surface area (Å²) in [6, 6.07) is 4.29. The summed E-state index contributed by atoms with van der Waals surface area (Å²) >= 11 is 5.62. The van der Waals surface area contributed by atoms with E-state index in [1.54, 1.807) is 0 Å². The van der Waals surface area contributed by atoms with Crippen LogP contribution in [-0.2, 0) is 0 Å². The summed E-state index contributed by atoms with van der Waals surface area (Å²) < 4.78 is 28.0. The molecule has 0 unspecified atom stereocenters. The van der Waals surface area contributed by atoms with Crippen LogP contribution >= 0.6 is 11.6 Å². The minimum Gasteiger partial charge on any atom is -0.435 e. The van der Waals surface area contributed by atoms with Crippen molar-refractivity contribution in [3.63, 3.8) is 0 Å². The van der Waals surface area contributed by atoms with Gasteiger partial charge in [-0.05, 0) is 12.1 Å². The third-order valence-electron chi connectivity index (χ3n) is 1.71. The number of halogens is 3. The second kappa shape index (κ2) is 3.94. The molecule has 1 aromatic heterocycles. The number of hydrogen-bond donors (Lipinski definition) is 0. The first kappa shape index (κ1) is 10.0. The lowest BCUT2D eigenvalue weighted by molar-refractivity contribution is -0.0497. The highest BCUT2D eigenvalue weighted by Crippen LogP contribution is 2.20. The fraction of sp³-hybridized carbons (Fsp3) is 0.111. The number of ether oxygens (including phenoxy) is 1. The molecule has 2 rings (SSSR count). The average Bonchev–Trinajstić information content (AvgIpc) is 2.17. The zero-order chi connectivity index (χ0) is 10.8. The number of benzene rings is 1. The monoisotopic (exact) mass is 230 g/mol. The molecule has 6 heteroatoms. The molecule has 0 spiro atoms. The van der Waals surface area contributed by atoms with Crippen LogP contribution < -0.4 is 4.74 Å². The normalized spacial score (nSPS) is 10.9. The molecule has 0 aliphatic heterocycles. The van der Waals surface area contributed by atoms with Gasteiger partial charge in [-0.1, -0.05) is 11.6 Å². The molecule has 0 radical (unpaired) electrons. The molecule has 0 bridgehead atoms. The Labute approximate surface area is 88.7 Å². The summed E-state index contributed by atoms with van der Waals surface area (Å²) in [6.07, 6.45) is 1.34. The Kier molecular flexibility index (Phi) is 2.64. The van der Waals surface area contributed by atoms with Gasteiger partial charge in [0.1, 0.15) is 10.9 Å². The Morgan fingerprint density at radius 1 is 1.27 bits per heavy atom. The lowest BCUT2D eigenvalue weighted by Crippen LogP contribution is -2.01. The minimum atomic E-state index is -2.84. The Hall–Kier alpha value is -1.49. The van der Waals surface area contributed by atoms with Gasteiger partial charge in [-0.2, -0.15) is 8.78 Å². The van der Waals surface area contributed by atoms with Crippen LogP contribution in [0.15, 0.2) is 24.4 Å². The van der Waals surface area contributed by atoms with Crippen LogP contribution in [0.1, 0.15) is 0 Å². The zero-order valence-corrected chi connectivity index (χ0v) is 8.08. The van der Waals surface area contributed by atoms with Crippen molar-refractivity contribution in [1.29, 1.82) is 0 Å². The number of rotatable bonds is 2. The third-order valence-corrected chi connectivity index (χ3v) is 1.89. The smallest absolute Gasteiger partial charge is 0.387 e. The van der Waals surface area contributed by atoms with E-state index in [2.05, 4.69) is 14.7 Å². The van der Waals surface area contributed by atoms with Crippen molar-refractivity contribution in [2.45, 2.75) is 6.61 Å². The van der Waals surface area contributed by atoms with E-state index in [1.165, 1.54) is 24.4 Å². The van der Waals surface area contributed by atoms with Crippen molar-refractivity contribution in [2.75, 3.05) is 0 Å². The van der Waals surface area contributed by atoms with Crippen LogP contribution in [0.3, 0.4) is 0 Å². The molecule has 0 fully saturated rings. The van der Waals surface area contributed by atoms with Gasteiger partial charge in [-0.25, -0.2) is 4.98 Å². The summed E-state index contributed by atoms with van der Waals surface area (Å²) in [5.74, 6) is 0.0501. The highest BCUT2D eigenvalue weighted by Gasteiger charge is 2.05. The molecule has 0 atom stereocenters. The largest absolute Gasteiger partial charge is 0.435 e. The first-order valence-electron chi connectivity index (χ1n) is 4.02.